The number of benzene rings is 2. The molecule has 0 atom stereocenters. The molecule has 0 aliphatic heterocycles. The lowest BCUT2D eigenvalue weighted by Crippen LogP contribution is -1.98. The molecular formula is C17H13ClN2O. The van der Waals surface area contributed by atoms with Gasteiger partial charge in [-0.2, -0.15) is 5.26 Å². The zero-order valence-corrected chi connectivity index (χ0v) is 12.0. The van der Waals surface area contributed by atoms with Crippen LogP contribution in [0, 0.1) is 11.3 Å². The Morgan fingerprint density at radius 2 is 2.05 bits per heavy atom. The quantitative estimate of drug-likeness (QED) is 0.801. The summed E-state index contributed by atoms with van der Waals surface area (Å²) in [5.41, 5.74) is 3.53. The summed E-state index contributed by atoms with van der Waals surface area (Å²) in [5.74, 6) is 0. The predicted molar refractivity (Wildman–Crippen MR) is 83.1 cm³/mol. The molecule has 0 amide bonds. The van der Waals surface area contributed by atoms with E-state index in [2.05, 4.69) is 6.07 Å². The molecular weight excluding hydrogens is 284 g/mol. The third kappa shape index (κ3) is 2.64. The average molecular weight is 297 g/mol. The van der Waals surface area contributed by atoms with E-state index in [1.807, 2.05) is 47.2 Å². The summed E-state index contributed by atoms with van der Waals surface area (Å²) in [4.78, 5) is 0. The molecule has 2 aromatic carbocycles. The summed E-state index contributed by atoms with van der Waals surface area (Å²) in [6.07, 6.45) is 1.93. The smallest absolute Gasteiger partial charge is 0.0991 e. The number of nitriles is 1. The molecule has 4 heteroatoms. The van der Waals surface area contributed by atoms with Crippen molar-refractivity contribution in [2.75, 3.05) is 0 Å². The van der Waals surface area contributed by atoms with Gasteiger partial charge in [0.25, 0.3) is 0 Å². The van der Waals surface area contributed by atoms with E-state index in [9.17, 15) is 5.11 Å². The van der Waals surface area contributed by atoms with Crippen LogP contribution in [-0.2, 0) is 13.2 Å². The Morgan fingerprint density at radius 3 is 2.81 bits per heavy atom. The standard InChI is InChI=1S/C17H13ClN2O/c18-15-4-5-16-14(11-21)10-20(17(16)7-15)9-13-3-1-2-12(6-13)8-19/h1-7,10,21H,9,11H2. The van der Waals surface area contributed by atoms with Gasteiger partial charge in [-0.25, -0.2) is 0 Å². The zero-order chi connectivity index (χ0) is 14.8. The van der Waals surface area contributed by atoms with Gasteiger partial charge in [0.15, 0.2) is 0 Å². The molecule has 0 aliphatic rings. The molecule has 0 bridgehead atoms. The van der Waals surface area contributed by atoms with Crippen molar-refractivity contribution >= 4 is 22.5 Å². The number of aliphatic hydroxyl groups is 1. The lowest BCUT2D eigenvalue weighted by Gasteiger charge is -2.06. The van der Waals surface area contributed by atoms with E-state index in [1.165, 1.54) is 0 Å². The van der Waals surface area contributed by atoms with Crippen molar-refractivity contribution in [2.24, 2.45) is 0 Å². The van der Waals surface area contributed by atoms with Crippen LogP contribution in [-0.4, -0.2) is 9.67 Å². The molecule has 3 nitrogen and oxygen atoms in total. The fraction of sp³-hybridized carbons (Fsp3) is 0.118. The van der Waals surface area contributed by atoms with Crippen LogP contribution < -0.4 is 0 Å². The third-order valence-corrected chi connectivity index (χ3v) is 3.74. The van der Waals surface area contributed by atoms with E-state index in [-0.39, 0.29) is 6.61 Å². The molecule has 0 radical (unpaired) electrons. The highest BCUT2D eigenvalue weighted by Crippen LogP contribution is 2.25. The molecule has 0 spiro atoms. The van der Waals surface area contributed by atoms with Crippen molar-refractivity contribution in [3.8, 4) is 6.07 Å². The van der Waals surface area contributed by atoms with Crippen molar-refractivity contribution in [1.82, 2.24) is 4.57 Å². The predicted octanol–water partition coefficient (Wildman–Crippen LogP) is 3.71. The van der Waals surface area contributed by atoms with Gasteiger partial charge in [0.2, 0.25) is 0 Å². The molecule has 0 saturated carbocycles. The maximum atomic E-state index is 9.48. The summed E-state index contributed by atoms with van der Waals surface area (Å²) in [5, 5.41) is 20.1. The third-order valence-electron chi connectivity index (χ3n) is 3.51. The highest BCUT2D eigenvalue weighted by Gasteiger charge is 2.09. The molecule has 1 aromatic heterocycles. The molecule has 21 heavy (non-hydrogen) atoms. The number of aliphatic hydroxyl groups excluding tert-OH is 1. The number of hydrogen-bond acceptors (Lipinski definition) is 2. The maximum Gasteiger partial charge on any atom is 0.0991 e. The molecule has 0 aliphatic carbocycles. The highest BCUT2D eigenvalue weighted by atomic mass is 35.5. The Labute approximate surface area is 127 Å². The van der Waals surface area contributed by atoms with E-state index in [4.69, 9.17) is 16.9 Å². The van der Waals surface area contributed by atoms with E-state index in [0.717, 1.165) is 22.0 Å². The van der Waals surface area contributed by atoms with E-state index >= 15 is 0 Å². The fourth-order valence-electron chi connectivity index (χ4n) is 2.53. The second-order valence-electron chi connectivity index (χ2n) is 4.91. The monoisotopic (exact) mass is 296 g/mol. The molecule has 0 saturated heterocycles. The van der Waals surface area contributed by atoms with Crippen LogP contribution in [0.5, 0.6) is 0 Å². The van der Waals surface area contributed by atoms with Gasteiger partial charge in [0, 0.05) is 28.7 Å². The summed E-state index contributed by atoms with van der Waals surface area (Å²) in [6.45, 7) is 0.621. The molecule has 104 valence electrons. The highest BCUT2D eigenvalue weighted by molar-refractivity contribution is 6.31. The Balaban J connectivity index is 2.07. The number of hydrogen-bond donors (Lipinski definition) is 1. The second-order valence-corrected chi connectivity index (χ2v) is 5.35. The lowest BCUT2D eigenvalue weighted by atomic mass is 10.1. The lowest BCUT2D eigenvalue weighted by molar-refractivity contribution is 0.283. The largest absolute Gasteiger partial charge is 0.392 e. The minimum absolute atomic E-state index is 0.0105. The summed E-state index contributed by atoms with van der Waals surface area (Å²) >= 11 is 6.07. The molecule has 0 fully saturated rings. The molecule has 1 N–H and O–H groups in total. The van der Waals surface area contributed by atoms with Crippen LogP contribution in [0.3, 0.4) is 0 Å². The first-order chi connectivity index (χ1) is 10.2. The average Bonchev–Trinajstić information content (AvgIpc) is 2.84. The Kier molecular flexibility index (Phi) is 3.66. The first-order valence-electron chi connectivity index (χ1n) is 6.58. The Morgan fingerprint density at radius 1 is 1.19 bits per heavy atom. The summed E-state index contributed by atoms with van der Waals surface area (Å²) in [7, 11) is 0. The molecule has 3 rings (SSSR count). The van der Waals surface area contributed by atoms with Gasteiger partial charge in [-0.15, -0.1) is 0 Å². The number of fused-ring (bicyclic) bond motifs is 1. The van der Waals surface area contributed by atoms with Gasteiger partial charge >= 0.3 is 0 Å². The number of halogens is 1. The second kappa shape index (κ2) is 5.61. The summed E-state index contributed by atoms with van der Waals surface area (Å²) < 4.78 is 2.04. The van der Waals surface area contributed by atoms with Crippen molar-refractivity contribution in [3.63, 3.8) is 0 Å². The van der Waals surface area contributed by atoms with E-state index < -0.39 is 0 Å². The number of rotatable bonds is 3. The van der Waals surface area contributed by atoms with Gasteiger partial charge < -0.3 is 9.67 Å². The van der Waals surface area contributed by atoms with Crippen molar-refractivity contribution in [1.29, 1.82) is 5.26 Å². The van der Waals surface area contributed by atoms with Crippen LogP contribution in [0.25, 0.3) is 10.9 Å². The number of nitrogens with zero attached hydrogens (tertiary/aromatic N) is 2. The maximum absolute atomic E-state index is 9.48. The topological polar surface area (TPSA) is 49.0 Å². The normalized spacial score (nSPS) is 10.7. The molecule has 1 heterocycles. The SMILES string of the molecule is N#Cc1cccc(Cn2cc(CO)c3ccc(Cl)cc32)c1. The van der Waals surface area contributed by atoms with Gasteiger partial charge in [0.05, 0.1) is 23.8 Å². The number of aromatic nitrogens is 1. The van der Waals surface area contributed by atoms with Crippen molar-refractivity contribution in [2.45, 2.75) is 13.2 Å². The van der Waals surface area contributed by atoms with Crippen LogP contribution in [0.1, 0.15) is 16.7 Å². The van der Waals surface area contributed by atoms with Crippen LogP contribution in [0.4, 0.5) is 0 Å². The molecule has 3 aromatic rings. The van der Waals surface area contributed by atoms with Gasteiger partial charge in [-0.05, 0) is 29.8 Å². The van der Waals surface area contributed by atoms with E-state index in [1.54, 1.807) is 6.07 Å². The zero-order valence-electron chi connectivity index (χ0n) is 11.3. The molecule has 0 unspecified atom stereocenters. The van der Waals surface area contributed by atoms with Crippen molar-refractivity contribution in [3.05, 3.63) is 70.4 Å². The summed E-state index contributed by atoms with van der Waals surface area (Å²) in [6, 6.07) is 15.3. The minimum Gasteiger partial charge on any atom is -0.392 e. The van der Waals surface area contributed by atoms with Gasteiger partial charge in [-0.1, -0.05) is 29.8 Å². The van der Waals surface area contributed by atoms with Gasteiger partial charge in [0.1, 0.15) is 0 Å². The van der Waals surface area contributed by atoms with Crippen LogP contribution in [0.2, 0.25) is 5.02 Å². The fourth-order valence-corrected chi connectivity index (χ4v) is 2.70. The van der Waals surface area contributed by atoms with Crippen molar-refractivity contribution < 1.29 is 5.11 Å². The van der Waals surface area contributed by atoms with E-state index in [0.29, 0.717) is 17.1 Å². The van der Waals surface area contributed by atoms with Crippen LogP contribution in [0.15, 0.2) is 48.7 Å². The van der Waals surface area contributed by atoms with Crippen LogP contribution >= 0.6 is 11.6 Å². The first kappa shape index (κ1) is 13.7. The first-order valence-corrected chi connectivity index (χ1v) is 6.96. The minimum atomic E-state index is -0.0105. The Hall–Kier alpha value is -2.28. The Bertz CT molecular complexity index is 846. The van der Waals surface area contributed by atoms with Gasteiger partial charge in [-0.3, -0.25) is 0 Å².